The number of allylic oxidation sites excluding steroid dienone is 1. The lowest BCUT2D eigenvalue weighted by atomic mass is 9.73. The molecule has 0 aromatic heterocycles. The first-order chi connectivity index (χ1) is 20.9. The minimum Gasteiger partial charge on any atom is -0.465 e. The molecular formula is C34H37ClN2O6. The maximum absolute atomic E-state index is 14.8. The highest BCUT2D eigenvalue weighted by molar-refractivity contribution is 6.34. The van der Waals surface area contributed by atoms with Gasteiger partial charge in [0.05, 0.1) is 35.9 Å². The van der Waals surface area contributed by atoms with Gasteiger partial charge in [0.2, 0.25) is 5.91 Å². The molecule has 43 heavy (non-hydrogen) atoms. The zero-order valence-electron chi connectivity index (χ0n) is 24.2. The second kappa shape index (κ2) is 11.9. The van der Waals surface area contributed by atoms with E-state index in [1.807, 2.05) is 55.5 Å². The number of anilines is 1. The molecule has 9 heteroatoms. The van der Waals surface area contributed by atoms with Crippen molar-refractivity contribution in [3.63, 3.8) is 0 Å². The van der Waals surface area contributed by atoms with E-state index >= 15 is 0 Å². The highest BCUT2D eigenvalue weighted by Gasteiger charge is 2.76. The van der Waals surface area contributed by atoms with Crippen molar-refractivity contribution in [3.05, 3.63) is 89.5 Å². The van der Waals surface area contributed by atoms with Crippen molar-refractivity contribution in [2.75, 3.05) is 24.7 Å². The summed E-state index contributed by atoms with van der Waals surface area (Å²) in [6, 6.07) is 14.7. The number of benzene rings is 2. The van der Waals surface area contributed by atoms with Gasteiger partial charge in [0, 0.05) is 6.54 Å². The summed E-state index contributed by atoms with van der Waals surface area (Å²) in [4.78, 5) is 46.5. The van der Waals surface area contributed by atoms with E-state index in [-0.39, 0.29) is 25.7 Å². The van der Waals surface area contributed by atoms with Crippen molar-refractivity contribution >= 4 is 35.1 Å². The lowest BCUT2D eigenvalue weighted by Gasteiger charge is -2.41. The molecule has 1 N–H and O–H groups in total. The highest BCUT2D eigenvalue weighted by atomic mass is 35.5. The number of esters is 1. The molecule has 2 saturated heterocycles. The zero-order chi connectivity index (χ0) is 30.2. The van der Waals surface area contributed by atoms with Crippen molar-refractivity contribution in [3.8, 4) is 0 Å². The first kappa shape index (κ1) is 29.6. The SMILES string of the molecule is CC[C@@]12/C=C\CCCCOC(=O)[C@@H]1[C@H]1C(=O)N([C@@H](CO)Cc3ccccc3)C3C(=O)N(c4ccccc4Cl)CC=C[C@@]31O2. The summed E-state index contributed by atoms with van der Waals surface area (Å²) < 4.78 is 12.8. The summed E-state index contributed by atoms with van der Waals surface area (Å²) >= 11 is 6.58. The van der Waals surface area contributed by atoms with Gasteiger partial charge in [0.1, 0.15) is 23.2 Å². The number of para-hydroxylation sites is 1. The largest absolute Gasteiger partial charge is 0.465 e. The first-order valence-corrected chi connectivity index (χ1v) is 15.5. The number of hydrogen-bond acceptors (Lipinski definition) is 6. The fourth-order valence-electron chi connectivity index (χ4n) is 7.39. The summed E-state index contributed by atoms with van der Waals surface area (Å²) in [5.41, 5.74) is -1.19. The van der Waals surface area contributed by atoms with Crippen LogP contribution in [0.3, 0.4) is 0 Å². The van der Waals surface area contributed by atoms with E-state index in [9.17, 15) is 19.5 Å². The van der Waals surface area contributed by atoms with Crippen molar-refractivity contribution in [2.24, 2.45) is 11.8 Å². The molecule has 4 aliphatic heterocycles. The number of rotatable bonds is 6. The summed E-state index contributed by atoms with van der Waals surface area (Å²) in [7, 11) is 0. The standard InChI is InChI=1S/C34H37ClN2O6/c1-2-33-17-10-3-4-11-20-42-32(41)28(33)27-30(39)37(24(22-38)21-23-13-6-5-7-14-23)29-31(40)36(19-12-18-34(27,29)43-33)26-16-9-8-15-25(26)35/h5-10,12-18,24,27-29,38H,2-4,11,19-22H2,1H3/b17-10-/t24-,27+,28+,29?,33-,34+/m1/s1. The summed E-state index contributed by atoms with van der Waals surface area (Å²) in [6.45, 7) is 2.00. The van der Waals surface area contributed by atoms with E-state index in [1.165, 1.54) is 4.90 Å². The number of carbonyl (C=O) groups excluding carboxylic acids is 3. The van der Waals surface area contributed by atoms with Crippen LogP contribution in [-0.2, 0) is 30.3 Å². The van der Waals surface area contributed by atoms with E-state index in [2.05, 4.69) is 0 Å². The Morgan fingerprint density at radius 1 is 0.977 bits per heavy atom. The Bertz CT molecular complexity index is 1450. The number of aliphatic hydroxyl groups excluding tert-OH is 1. The van der Waals surface area contributed by atoms with Crippen LogP contribution in [0.2, 0.25) is 5.02 Å². The van der Waals surface area contributed by atoms with E-state index < -0.39 is 47.0 Å². The third kappa shape index (κ3) is 4.89. The third-order valence-corrected chi connectivity index (χ3v) is 9.70. The van der Waals surface area contributed by atoms with Crippen molar-refractivity contribution in [2.45, 2.75) is 62.3 Å². The molecule has 2 amide bonds. The van der Waals surface area contributed by atoms with Gasteiger partial charge in [-0.1, -0.05) is 85.3 Å². The van der Waals surface area contributed by atoms with E-state index in [0.717, 1.165) is 24.8 Å². The van der Waals surface area contributed by atoms with Gasteiger partial charge < -0.3 is 24.4 Å². The molecular weight excluding hydrogens is 568 g/mol. The summed E-state index contributed by atoms with van der Waals surface area (Å²) in [5.74, 6) is -3.27. The predicted octanol–water partition coefficient (Wildman–Crippen LogP) is 4.49. The highest BCUT2D eigenvalue weighted by Crippen LogP contribution is 2.58. The number of ether oxygens (including phenoxy) is 2. The van der Waals surface area contributed by atoms with Gasteiger partial charge >= 0.3 is 5.97 Å². The smallest absolute Gasteiger partial charge is 0.313 e. The van der Waals surface area contributed by atoms with Crippen molar-refractivity contribution in [1.29, 1.82) is 0 Å². The molecule has 0 radical (unpaired) electrons. The molecule has 6 rings (SSSR count). The number of cyclic esters (lactones) is 1. The molecule has 226 valence electrons. The number of aliphatic hydroxyl groups is 1. The summed E-state index contributed by atoms with van der Waals surface area (Å²) in [5, 5.41) is 11.1. The Balaban J connectivity index is 1.52. The molecule has 1 unspecified atom stereocenters. The normalized spacial score (nSPS) is 32.0. The Kier molecular flexibility index (Phi) is 8.20. The topological polar surface area (TPSA) is 96.4 Å². The average molecular weight is 605 g/mol. The number of fused-ring (bicyclic) bond motifs is 2. The van der Waals surface area contributed by atoms with Gasteiger partial charge in [-0.05, 0) is 49.8 Å². The Labute approximate surface area is 256 Å². The average Bonchev–Trinajstić information content (AvgIpc) is 3.38. The predicted molar refractivity (Wildman–Crippen MR) is 162 cm³/mol. The Morgan fingerprint density at radius 3 is 2.49 bits per heavy atom. The minimum atomic E-state index is -1.47. The molecule has 4 aliphatic rings. The van der Waals surface area contributed by atoms with Gasteiger partial charge in [0.25, 0.3) is 5.91 Å². The van der Waals surface area contributed by atoms with Crippen LogP contribution < -0.4 is 4.90 Å². The third-order valence-electron chi connectivity index (χ3n) is 9.38. The molecule has 0 bridgehead atoms. The van der Waals surface area contributed by atoms with Gasteiger partial charge in [-0.25, -0.2) is 0 Å². The molecule has 4 heterocycles. The fraction of sp³-hybridized carbons (Fsp3) is 0.441. The lowest BCUT2D eigenvalue weighted by Crippen LogP contribution is -2.59. The van der Waals surface area contributed by atoms with Crippen LogP contribution in [-0.4, -0.2) is 70.8 Å². The quantitative estimate of drug-likeness (QED) is 0.386. The number of nitrogens with zero attached hydrogens (tertiary/aromatic N) is 2. The van der Waals surface area contributed by atoms with E-state index in [1.54, 1.807) is 35.2 Å². The van der Waals surface area contributed by atoms with Crippen LogP contribution in [0.4, 0.5) is 5.69 Å². The van der Waals surface area contributed by atoms with E-state index in [0.29, 0.717) is 23.6 Å². The molecule has 1 spiro atoms. The van der Waals surface area contributed by atoms with E-state index in [4.69, 9.17) is 21.1 Å². The van der Waals surface area contributed by atoms with Crippen LogP contribution in [0.15, 0.2) is 78.9 Å². The molecule has 0 aliphatic carbocycles. The monoisotopic (exact) mass is 604 g/mol. The minimum absolute atomic E-state index is 0.200. The second-order valence-electron chi connectivity index (χ2n) is 11.8. The maximum Gasteiger partial charge on any atom is 0.313 e. The van der Waals surface area contributed by atoms with Crippen LogP contribution in [0.5, 0.6) is 0 Å². The van der Waals surface area contributed by atoms with Gasteiger partial charge in [-0.15, -0.1) is 0 Å². The van der Waals surface area contributed by atoms with Crippen LogP contribution in [0, 0.1) is 11.8 Å². The second-order valence-corrected chi connectivity index (χ2v) is 12.2. The molecule has 2 aromatic carbocycles. The number of halogens is 1. The Hall–Kier alpha value is -3.46. The summed E-state index contributed by atoms with van der Waals surface area (Å²) in [6.07, 6.45) is 10.7. The number of carbonyl (C=O) groups is 3. The van der Waals surface area contributed by atoms with Gasteiger partial charge in [-0.2, -0.15) is 0 Å². The molecule has 0 saturated carbocycles. The number of hydrogen-bond donors (Lipinski definition) is 1. The molecule has 6 atom stereocenters. The van der Waals surface area contributed by atoms with Crippen LogP contribution in [0.1, 0.15) is 38.2 Å². The van der Waals surface area contributed by atoms with Crippen LogP contribution in [0.25, 0.3) is 0 Å². The molecule has 2 fully saturated rings. The molecule has 2 aromatic rings. The first-order valence-electron chi connectivity index (χ1n) is 15.1. The molecule has 8 nitrogen and oxygen atoms in total. The van der Waals surface area contributed by atoms with Gasteiger partial charge in [0.15, 0.2) is 0 Å². The fourth-order valence-corrected chi connectivity index (χ4v) is 7.63. The van der Waals surface area contributed by atoms with Crippen molar-refractivity contribution < 1.29 is 29.0 Å². The number of likely N-dealkylation sites (tertiary alicyclic amines) is 1. The maximum atomic E-state index is 14.8. The van der Waals surface area contributed by atoms with Crippen LogP contribution >= 0.6 is 11.6 Å². The zero-order valence-corrected chi connectivity index (χ0v) is 25.0. The van der Waals surface area contributed by atoms with Crippen molar-refractivity contribution in [1.82, 2.24) is 4.90 Å². The number of amides is 2. The lowest BCUT2D eigenvalue weighted by molar-refractivity contribution is -0.161. The Morgan fingerprint density at radius 2 is 1.74 bits per heavy atom. The van der Waals surface area contributed by atoms with Gasteiger partial charge in [-0.3, -0.25) is 14.4 Å².